The molecule has 2 atom stereocenters. The summed E-state index contributed by atoms with van der Waals surface area (Å²) >= 11 is 6.09. The van der Waals surface area contributed by atoms with E-state index in [1.54, 1.807) is 18.2 Å². The monoisotopic (exact) mass is 496 g/mol. The van der Waals surface area contributed by atoms with Gasteiger partial charge in [0.15, 0.2) is 0 Å². The number of nitro groups is 1. The Bertz CT molecular complexity index is 1200. The number of carbonyl (C=O) groups is 3. The molecular weight excluding hydrogens is 472 g/mol. The van der Waals surface area contributed by atoms with Crippen molar-refractivity contribution in [2.75, 3.05) is 23.7 Å². The Kier molecular flexibility index (Phi) is 7.16. The number of benzene rings is 2. The van der Waals surface area contributed by atoms with Crippen molar-refractivity contribution in [2.24, 2.45) is 11.8 Å². The zero-order valence-electron chi connectivity index (χ0n) is 19.1. The highest BCUT2D eigenvalue weighted by molar-refractivity contribution is 6.31. The zero-order valence-corrected chi connectivity index (χ0v) is 19.9. The standard InChI is InChI=1S/C25H25ClN4O5/c1-15-7-9-17(14-20(15)26)28-23(31)16-8-10-21(22(13-16)30(34)35)27-11-4-12-29-24(32)18-5-2-3-6-19(18)25(29)33/h2-3,7-10,13-14,18-19,27H,4-6,11-12H2,1H3,(H,28,31)/t18-,19-/m1/s1. The van der Waals surface area contributed by atoms with Crippen LogP contribution in [0.15, 0.2) is 48.6 Å². The topological polar surface area (TPSA) is 122 Å². The quantitative estimate of drug-likeness (QED) is 0.181. The number of nitrogens with one attached hydrogen (secondary N) is 2. The molecule has 0 unspecified atom stereocenters. The highest BCUT2D eigenvalue weighted by atomic mass is 35.5. The molecule has 3 amide bonds. The Morgan fingerprint density at radius 2 is 1.80 bits per heavy atom. The van der Waals surface area contributed by atoms with Gasteiger partial charge in [0.25, 0.3) is 11.6 Å². The van der Waals surface area contributed by atoms with Crippen molar-refractivity contribution < 1.29 is 19.3 Å². The number of anilines is 2. The predicted molar refractivity (Wildman–Crippen MR) is 132 cm³/mol. The first kappa shape index (κ1) is 24.4. The maximum absolute atomic E-state index is 12.6. The molecule has 2 aliphatic rings. The molecule has 9 nitrogen and oxygen atoms in total. The first-order chi connectivity index (χ1) is 16.8. The van der Waals surface area contributed by atoms with Crippen LogP contribution in [0.5, 0.6) is 0 Å². The summed E-state index contributed by atoms with van der Waals surface area (Å²) in [6, 6.07) is 9.25. The molecule has 0 bridgehead atoms. The molecule has 2 aromatic rings. The lowest BCUT2D eigenvalue weighted by Gasteiger charge is -2.15. The van der Waals surface area contributed by atoms with Gasteiger partial charge in [0.2, 0.25) is 11.8 Å². The Morgan fingerprint density at radius 3 is 2.43 bits per heavy atom. The van der Waals surface area contributed by atoms with E-state index in [2.05, 4.69) is 10.6 Å². The number of aryl methyl sites for hydroxylation is 1. The molecule has 182 valence electrons. The first-order valence-electron chi connectivity index (χ1n) is 11.4. The lowest BCUT2D eigenvalue weighted by Crippen LogP contribution is -2.33. The molecule has 1 aliphatic heterocycles. The van der Waals surface area contributed by atoms with Crippen LogP contribution >= 0.6 is 11.6 Å². The second-order valence-corrected chi connectivity index (χ2v) is 9.08. The van der Waals surface area contributed by atoms with Gasteiger partial charge in [-0.05, 0) is 56.0 Å². The molecule has 1 aliphatic carbocycles. The number of nitrogens with zero attached hydrogens (tertiary/aromatic N) is 2. The summed E-state index contributed by atoms with van der Waals surface area (Å²) in [6.45, 7) is 2.41. The number of amides is 3. The van der Waals surface area contributed by atoms with Crippen molar-refractivity contribution in [3.05, 3.63) is 74.8 Å². The van der Waals surface area contributed by atoms with Gasteiger partial charge in [0.05, 0.1) is 16.8 Å². The molecule has 1 saturated heterocycles. The number of hydrogen-bond acceptors (Lipinski definition) is 6. The number of likely N-dealkylation sites (tertiary alicyclic amines) is 1. The van der Waals surface area contributed by atoms with E-state index in [0.29, 0.717) is 36.5 Å². The van der Waals surface area contributed by atoms with Gasteiger partial charge in [-0.25, -0.2) is 0 Å². The van der Waals surface area contributed by atoms with Gasteiger partial charge in [-0.2, -0.15) is 0 Å². The maximum atomic E-state index is 12.6. The summed E-state index contributed by atoms with van der Waals surface area (Å²) in [5.41, 5.74) is 1.48. The third-order valence-electron chi connectivity index (χ3n) is 6.36. The Balaban J connectivity index is 1.36. The summed E-state index contributed by atoms with van der Waals surface area (Å²) < 4.78 is 0. The molecule has 2 aromatic carbocycles. The average molecular weight is 497 g/mol. The van der Waals surface area contributed by atoms with Crippen LogP contribution in [-0.4, -0.2) is 40.6 Å². The van der Waals surface area contributed by atoms with Gasteiger partial charge in [0.1, 0.15) is 5.69 Å². The molecule has 0 spiro atoms. The lowest BCUT2D eigenvalue weighted by atomic mass is 9.85. The van der Waals surface area contributed by atoms with Crippen molar-refractivity contribution in [3.63, 3.8) is 0 Å². The minimum absolute atomic E-state index is 0.128. The van der Waals surface area contributed by atoms with E-state index in [-0.39, 0.29) is 47.1 Å². The van der Waals surface area contributed by atoms with Gasteiger partial charge >= 0.3 is 0 Å². The molecule has 0 saturated carbocycles. The molecule has 10 heteroatoms. The fraction of sp³-hybridized carbons (Fsp3) is 0.320. The number of halogens is 1. The van der Waals surface area contributed by atoms with E-state index in [9.17, 15) is 24.5 Å². The van der Waals surface area contributed by atoms with Crippen LogP contribution < -0.4 is 10.6 Å². The van der Waals surface area contributed by atoms with Crippen molar-refractivity contribution in [1.82, 2.24) is 4.90 Å². The van der Waals surface area contributed by atoms with Crippen LogP contribution in [0.2, 0.25) is 5.02 Å². The number of carbonyl (C=O) groups excluding carboxylic acids is 3. The maximum Gasteiger partial charge on any atom is 0.293 e. The van der Waals surface area contributed by atoms with Crippen LogP contribution in [0.25, 0.3) is 0 Å². The van der Waals surface area contributed by atoms with Crippen molar-refractivity contribution in [3.8, 4) is 0 Å². The number of fused-ring (bicyclic) bond motifs is 1. The van der Waals surface area contributed by atoms with Crippen LogP contribution in [-0.2, 0) is 9.59 Å². The van der Waals surface area contributed by atoms with Gasteiger partial charge in [-0.15, -0.1) is 0 Å². The van der Waals surface area contributed by atoms with E-state index in [1.807, 2.05) is 19.1 Å². The molecule has 4 rings (SSSR count). The van der Waals surface area contributed by atoms with Crippen LogP contribution in [0.4, 0.5) is 17.1 Å². The summed E-state index contributed by atoms with van der Waals surface area (Å²) in [4.78, 5) is 50.1. The SMILES string of the molecule is Cc1ccc(NC(=O)c2ccc(NCCCN3C(=O)[C@@H]4CC=CC[C@H]4C3=O)c([N+](=O)[O-])c2)cc1Cl. The van der Waals surface area contributed by atoms with E-state index < -0.39 is 10.8 Å². The average Bonchev–Trinajstić information content (AvgIpc) is 3.09. The van der Waals surface area contributed by atoms with E-state index in [1.165, 1.54) is 23.1 Å². The Morgan fingerprint density at radius 1 is 1.11 bits per heavy atom. The third kappa shape index (κ3) is 5.19. The molecule has 0 radical (unpaired) electrons. The molecular formula is C25H25ClN4O5. The van der Waals surface area contributed by atoms with Gasteiger partial charge in [-0.3, -0.25) is 29.4 Å². The highest BCUT2D eigenvalue weighted by Crippen LogP contribution is 2.35. The zero-order chi connectivity index (χ0) is 25.1. The van der Waals surface area contributed by atoms with Crippen molar-refractivity contribution >= 4 is 46.4 Å². The summed E-state index contributed by atoms with van der Waals surface area (Å²) in [5.74, 6) is -1.31. The summed E-state index contributed by atoms with van der Waals surface area (Å²) in [6.07, 6.45) is 5.50. The van der Waals surface area contributed by atoms with Crippen molar-refractivity contribution in [1.29, 1.82) is 0 Å². The molecule has 1 fully saturated rings. The number of allylic oxidation sites excluding steroid dienone is 2. The van der Waals surface area contributed by atoms with Gasteiger partial charge in [0, 0.05) is 35.4 Å². The van der Waals surface area contributed by atoms with Crippen molar-refractivity contribution in [2.45, 2.75) is 26.2 Å². The highest BCUT2D eigenvalue weighted by Gasteiger charge is 2.46. The number of rotatable bonds is 8. The fourth-order valence-electron chi connectivity index (χ4n) is 4.40. The number of hydrogen-bond donors (Lipinski definition) is 2. The Hall–Kier alpha value is -3.72. The minimum atomic E-state index is -0.562. The largest absolute Gasteiger partial charge is 0.379 e. The summed E-state index contributed by atoms with van der Waals surface area (Å²) in [5, 5.41) is 17.8. The van der Waals surface area contributed by atoms with Crippen LogP contribution in [0, 0.1) is 28.9 Å². The van der Waals surface area contributed by atoms with E-state index in [4.69, 9.17) is 11.6 Å². The second-order valence-electron chi connectivity index (χ2n) is 8.67. The van der Waals surface area contributed by atoms with Crippen LogP contribution in [0.1, 0.15) is 35.2 Å². The van der Waals surface area contributed by atoms with Gasteiger partial charge < -0.3 is 10.6 Å². The van der Waals surface area contributed by atoms with E-state index in [0.717, 1.165) is 5.56 Å². The van der Waals surface area contributed by atoms with Crippen LogP contribution in [0.3, 0.4) is 0 Å². The normalized spacial score (nSPS) is 19.0. The third-order valence-corrected chi connectivity index (χ3v) is 6.77. The molecule has 0 aromatic heterocycles. The lowest BCUT2D eigenvalue weighted by molar-refractivity contribution is -0.384. The Labute approximate surface area is 207 Å². The number of nitro benzene ring substituents is 1. The number of imide groups is 1. The summed E-state index contributed by atoms with van der Waals surface area (Å²) in [7, 11) is 0. The molecule has 1 heterocycles. The minimum Gasteiger partial charge on any atom is -0.379 e. The van der Waals surface area contributed by atoms with E-state index >= 15 is 0 Å². The second kappa shape index (κ2) is 10.3. The predicted octanol–water partition coefficient (Wildman–Crippen LogP) is 4.56. The first-order valence-corrected chi connectivity index (χ1v) is 11.7. The van der Waals surface area contributed by atoms with Gasteiger partial charge in [-0.1, -0.05) is 29.8 Å². The smallest absolute Gasteiger partial charge is 0.293 e. The molecule has 35 heavy (non-hydrogen) atoms. The molecule has 2 N–H and O–H groups in total. The fourth-order valence-corrected chi connectivity index (χ4v) is 4.58.